The Morgan fingerprint density at radius 3 is 2.74 bits per heavy atom. The molecule has 3 aromatic rings. The van der Waals surface area contributed by atoms with E-state index in [0.717, 1.165) is 29.0 Å². The topological polar surface area (TPSA) is 91.5 Å². The summed E-state index contributed by atoms with van der Waals surface area (Å²) in [6, 6.07) is 11.6. The second kappa shape index (κ2) is 9.17. The standard InChI is InChI=1S/C22H24FN3O4S/c23-19-9-8-17(14-21(19)31(28,29)26-10-12-30-13-11-26)25-22(27)7-3-4-16-15-24-20-6-2-1-5-18(16)20/h1-2,5-6,8-9,14-15,24H,3-4,7,10-13H2,(H,25,27). The number of fused-ring (bicyclic) bond motifs is 1. The fraction of sp³-hybridized carbons (Fsp3) is 0.318. The van der Waals surface area contributed by atoms with E-state index in [-0.39, 0.29) is 44.3 Å². The van der Waals surface area contributed by atoms with Crippen molar-refractivity contribution in [2.45, 2.75) is 24.2 Å². The summed E-state index contributed by atoms with van der Waals surface area (Å²) in [6.45, 7) is 0.889. The molecular weight excluding hydrogens is 421 g/mol. The number of H-pyrrole nitrogens is 1. The molecular formula is C22H24FN3O4S. The summed E-state index contributed by atoms with van der Waals surface area (Å²) in [5.41, 5.74) is 2.46. The van der Waals surface area contributed by atoms with Crippen molar-refractivity contribution in [3.63, 3.8) is 0 Å². The number of benzene rings is 2. The summed E-state index contributed by atoms with van der Waals surface area (Å²) in [6.07, 6.45) is 3.58. The molecule has 164 valence electrons. The minimum absolute atomic E-state index is 0.173. The molecule has 1 aliphatic rings. The van der Waals surface area contributed by atoms with Gasteiger partial charge in [0.05, 0.1) is 13.2 Å². The number of amides is 1. The molecule has 1 fully saturated rings. The minimum atomic E-state index is -3.99. The Kier molecular flexibility index (Phi) is 6.35. The zero-order chi connectivity index (χ0) is 21.8. The number of anilines is 1. The predicted molar refractivity (Wildman–Crippen MR) is 116 cm³/mol. The van der Waals surface area contributed by atoms with Gasteiger partial charge in [-0.05, 0) is 42.7 Å². The number of carbonyl (C=O) groups excluding carboxylic acids is 1. The van der Waals surface area contributed by atoms with Crippen LogP contribution < -0.4 is 5.32 Å². The summed E-state index contributed by atoms with van der Waals surface area (Å²) in [7, 11) is -3.99. The number of hydrogen-bond donors (Lipinski definition) is 2. The van der Waals surface area contributed by atoms with Crippen molar-refractivity contribution >= 4 is 32.5 Å². The van der Waals surface area contributed by atoms with Crippen molar-refractivity contribution in [1.82, 2.24) is 9.29 Å². The molecule has 0 unspecified atom stereocenters. The van der Waals surface area contributed by atoms with E-state index in [1.165, 1.54) is 16.4 Å². The van der Waals surface area contributed by atoms with Gasteiger partial charge in [-0.15, -0.1) is 0 Å². The number of nitrogens with one attached hydrogen (secondary N) is 2. The average Bonchev–Trinajstić information content (AvgIpc) is 3.19. The lowest BCUT2D eigenvalue weighted by Gasteiger charge is -2.26. The van der Waals surface area contributed by atoms with Gasteiger partial charge in [-0.25, -0.2) is 12.8 Å². The molecule has 1 amide bonds. The second-order valence-corrected chi connectivity index (χ2v) is 9.33. The highest BCUT2D eigenvalue weighted by Crippen LogP contribution is 2.24. The van der Waals surface area contributed by atoms with Crippen LogP contribution in [0.25, 0.3) is 10.9 Å². The molecule has 7 nitrogen and oxygen atoms in total. The zero-order valence-corrected chi connectivity index (χ0v) is 17.8. The number of sulfonamides is 1. The average molecular weight is 446 g/mol. The third-order valence-corrected chi connectivity index (χ3v) is 7.24. The van der Waals surface area contributed by atoms with E-state index < -0.39 is 20.7 Å². The zero-order valence-electron chi connectivity index (χ0n) is 16.9. The third kappa shape index (κ3) is 4.79. The first-order chi connectivity index (χ1) is 14.9. The molecule has 1 saturated heterocycles. The molecule has 4 rings (SSSR count). The molecule has 2 N–H and O–H groups in total. The number of aromatic nitrogens is 1. The molecule has 31 heavy (non-hydrogen) atoms. The second-order valence-electron chi connectivity index (χ2n) is 7.42. The van der Waals surface area contributed by atoms with Gasteiger partial charge in [-0.3, -0.25) is 4.79 Å². The molecule has 0 atom stereocenters. The minimum Gasteiger partial charge on any atom is -0.379 e. The molecule has 2 heterocycles. The van der Waals surface area contributed by atoms with E-state index in [0.29, 0.717) is 6.42 Å². The lowest BCUT2D eigenvalue weighted by atomic mass is 10.1. The number of halogens is 1. The molecule has 9 heteroatoms. The lowest BCUT2D eigenvalue weighted by Crippen LogP contribution is -2.40. The first-order valence-corrected chi connectivity index (χ1v) is 11.6. The molecule has 1 aromatic heterocycles. The van der Waals surface area contributed by atoms with Crippen LogP contribution in [0.2, 0.25) is 0 Å². The largest absolute Gasteiger partial charge is 0.379 e. The van der Waals surface area contributed by atoms with Gasteiger partial charge in [-0.2, -0.15) is 4.31 Å². The monoisotopic (exact) mass is 445 g/mol. The van der Waals surface area contributed by atoms with Crippen LogP contribution in [0.1, 0.15) is 18.4 Å². The maximum absolute atomic E-state index is 14.3. The Morgan fingerprint density at radius 1 is 1.16 bits per heavy atom. The summed E-state index contributed by atoms with van der Waals surface area (Å²) in [5, 5.41) is 3.82. The Labute approximate surface area is 180 Å². The highest BCUT2D eigenvalue weighted by Gasteiger charge is 2.29. The number of rotatable bonds is 7. The van der Waals surface area contributed by atoms with Gasteiger partial charge in [0.15, 0.2) is 0 Å². The van der Waals surface area contributed by atoms with E-state index in [1.807, 2.05) is 30.5 Å². The van der Waals surface area contributed by atoms with Crippen LogP contribution in [0.3, 0.4) is 0 Å². The first-order valence-electron chi connectivity index (χ1n) is 10.2. The van der Waals surface area contributed by atoms with Crippen LogP contribution in [0, 0.1) is 5.82 Å². The maximum atomic E-state index is 14.3. The van der Waals surface area contributed by atoms with Crippen molar-refractivity contribution in [3.05, 3.63) is 60.0 Å². The van der Waals surface area contributed by atoms with Crippen LogP contribution in [-0.4, -0.2) is 49.9 Å². The number of para-hydroxylation sites is 1. The van der Waals surface area contributed by atoms with Crippen LogP contribution in [0.4, 0.5) is 10.1 Å². The number of morpholine rings is 1. The van der Waals surface area contributed by atoms with Crippen LogP contribution in [0.15, 0.2) is 53.6 Å². The van der Waals surface area contributed by atoms with E-state index in [4.69, 9.17) is 4.74 Å². The lowest BCUT2D eigenvalue weighted by molar-refractivity contribution is -0.116. The summed E-state index contributed by atoms with van der Waals surface area (Å²) >= 11 is 0. The van der Waals surface area contributed by atoms with Crippen LogP contribution in [0.5, 0.6) is 0 Å². The predicted octanol–water partition coefficient (Wildman–Crippen LogP) is 3.29. The Morgan fingerprint density at radius 2 is 1.94 bits per heavy atom. The molecule has 0 saturated carbocycles. The number of carbonyl (C=O) groups is 1. The molecule has 0 spiro atoms. The van der Waals surface area contributed by atoms with Crippen molar-refractivity contribution in [3.8, 4) is 0 Å². The number of aromatic amines is 1. The summed E-state index contributed by atoms with van der Waals surface area (Å²) < 4.78 is 46.2. The number of nitrogens with zero attached hydrogens (tertiary/aromatic N) is 1. The van der Waals surface area contributed by atoms with Gasteiger partial charge in [-0.1, -0.05) is 18.2 Å². The van der Waals surface area contributed by atoms with Gasteiger partial charge in [0.1, 0.15) is 10.7 Å². The number of hydrogen-bond acceptors (Lipinski definition) is 4. The van der Waals surface area contributed by atoms with E-state index in [9.17, 15) is 17.6 Å². The third-order valence-electron chi connectivity index (χ3n) is 5.33. The Balaban J connectivity index is 1.38. The summed E-state index contributed by atoms with van der Waals surface area (Å²) in [5.74, 6) is -1.09. The maximum Gasteiger partial charge on any atom is 0.246 e. The van der Waals surface area contributed by atoms with E-state index >= 15 is 0 Å². The van der Waals surface area contributed by atoms with E-state index in [2.05, 4.69) is 10.3 Å². The summed E-state index contributed by atoms with van der Waals surface area (Å²) in [4.78, 5) is 15.1. The van der Waals surface area contributed by atoms with E-state index in [1.54, 1.807) is 0 Å². The normalized spacial score (nSPS) is 15.3. The first kappa shape index (κ1) is 21.5. The van der Waals surface area contributed by atoms with Gasteiger partial charge in [0.25, 0.3) is 0 Å². The van der Waals surface area contributed by atoms with Crippen molar-refractivity contribution in [2.75, 3.05) is 31.6 Å². The number of ether oxygens (including phenoxy) is 1. The Hall–Kier alpha value is -2.75. The number of aryl methyl sites for hydroxylation is 1. The SMILES string of the molecule is O=C(CCCc1c[nH]c2ccccc12)Nc1ccc(F)c(S(=O)(=O)N2CCOCC2)c1. The van der Waals surface area contributed by atoms with Gasteiger partial charge in [0.2, 0.25) is 15.9 Å². The van der Waals surface area contributed by atoms with Crippen molar-refractivity contribution in [2.24, 2.45) is 0 Å². The van der Waals surface area contributed by atoms with Gasteiger partial charge < -0.3 is 15.0 Å². The van der Waals surface area contributed by atoms with Gasteiger partial charge >= 0.3 is 0 Å². The fourth-order valence-corrected chi connectivity index (χ4v) is 5.20. The highest BCUT2D eigenvalue weighted by molar-refractivity contribution is 7.89. The molecule has 2 aromatic carbocycles. The molecule has 1 aliphatic heterocycles. The van der Waals surface area contributed by atoms with Crippen molar-refractivity contribution in [1.29, 1.82) is 0 Å². The fourth-order valence-electron chi connectivity index (χ4n) is 3.71. The van der Waals surface area contributed by atoms with Crippen molar-refractivity contribution < 1.29 is 22.3 Å². The Bertz CT molecular complexity index is 1190. The molecule has 0 radical (unpaired) electrons. The molecule has 0 aliphatic carbocycles. The van der Waals surface area contributed by atoms with Crippen LogP contribution >= 0.6 is 0 Å². The van der Waals surface area contributed by atoms with Crippen LogP contribution in [-0.2, 0) is 26.0 Å². The smallest absolute Gasteiger partial charge is 0.246 e. The quantitative estimate of drug-likeness (QED) is 0.584. The van der Waals surface area contributed by atoms with Gasteiger partial charge in [0, 0.05) is 42.3 Å². The molecule has 0 bridgehead atoms. The highest BCUT2D eigenvalue weighted by atomic mass is 32.2.